The monoisotopic (exact) mass is 263 g/mol. The van der Waals surface area contributed by atoms with Gasteiger partial charge in [-0.25, -0.2) is 0 Å². The molecule has 0 aliphatic carbocycles. The average molecular weight is 263 g/mol. The van der Waals surface area contributed by atoms with Gasteiger partial charge < -0.3 is 14.8 Å². The minimum atomic E-state index is 0.0768. The van der Waals surface area contributed by atoms with Crippen molar-refractivity contribution in [2.75, 3.05) is 26.2 Å². The van der Waals surface area contributed by atoms with E-state index in [9.17, 15) is 4.79 Å². The summed E-state index contributed by atoms with van der Waals surface area (Å²) < 4.78 is 1.75. The van der Waals surface area contributed by atoms with Crippen molar-refractivity contribution in [2.45, 2.75) is 38.8 Å². The Morgan fingerprint density at radius 2 is 2.05 bits per heavy atom. The Bertz CT molecular complexity index is 423. The molecule has 1 aromatic rings. The Balaban J connectivity index is 1.67. The van der Waals surface area contributed by atoms with Crippen LogP contribution in [0.15, 0.2) is 29.2 Å². The normalized spacial score (nSPS) is 18.4. The SMILES string of the molecule is CC(CN1CCCCC1)NCCn1ccccc1=O. The third-order valence-electron chi connectivity index (χ3n) is 3.73. The molecule has 106 valence electrons. The molecule has 0 spiro atoms. The molecule has 1 atom stereocenters. The lowest BCUT2D eigenvalue weighted by Crippen LogP contribution is -2.42. The molecule has 1 unspecified atom stereocenters. The van der Waals surface area contributed by atoms with Gasteiger partial charge >= 0.3 is 0 Å². The quantitative estimate of drug-likeness (QED) is 0.841. The number of hydrogen-bond donors (Lipinski definition) is 1. The van der Waals surface area contributed by atoms with Crippen molar-refractivity contribution in [3.8, 4) is 0 Å². The molecule has 1 N–H and O–H groups in total. The van der Waals surface area contributed by atoms with Crippen LogP contribution in [0.1, 0.15) is 26.2 Å². The van der Waals surface area contributed by atoms with Crippen molar-refractivity contribution in [2.24, 2.45) is 0 Å². The van der Waals surface area contributed by atoms with E-state index in [1.54, 1.807) is 16.7 Å². The second-order valence-corrected chi connectivity index (χ2v) is 5.45. The van der Waals surface area contributed by atoms with Crippen LogP contribution in [0.25, 0.3) is 0 Å². The summed E-state index contributed by atoms with van der Waals surface area (Å²) in [5, 5.41) is 3.50. The number of nitrogens with one attached hydrogen (secondary N) is 1. The van der Waals surface area contributed by atoms with Crippen molar-refractivity contribution in [1.82, 2.24) is 14.8 Å². The van der Waals surface area contributed by atoms with E-state index in [1.165, 1.54) is 32.4 Å². The van der Waals surface area contributed by atoms with Gasteiger partial charge in [0.05, 0.1) is 0 Å². The predicted octanol–water partition coefficient (Wildman–Crippen LogP) is 1.31. The van der Waals surface area contributed by atoms with Gasteiger partial charge in [0.15, 0.2) is 0 Å². The first-order chi connectivity index (χ1) is 9.25. The standard InChI is InChI=1S/C15H25N3O/c1-14(13-17-9-4-2-5-10-17)16-8-12-18-11-6-3-7-15(18)19/h3,6-7,11,14,16H,2,4-5,8-10,12-13H2,1H3. The Kier molecular flexibility index (Phi) is 5.61. The van der Waals surface area contributed by atoms with Gasteiger partial charge in [-0.3, -0.25) is 4.79 Å². The Hall–Kier alpha value is -1.13. The lowest BCUT2D eigenvalue weighted by molar-refractivity contribution is 0.209. The van der Waals surface area contributed by atoms with Crippen LogP contribution in [0, 0.1) is 0 Å². The number of piperidine rings is 1. The van der Waals surface area contributed by atoms with Crippen molar-refractivity contribution >= 4 is 0 Å². The van der Waals surface area contributed by atoms with E-state index in [-0.39, 0.29) is 5.56 Å². The maximum Gasteiger partial charge on any atom is 0.250 e. The van der Waals surface area contributed by atoms with E-state index in [4.69, 9.17) is 0 Å². The lowest BCUT2D eigenvalue weighted by atomic mass is 10.1. The summed E-state index contributed by atoms with van der Waals surface area (Å²) in [7, 11) is 0. The molecule has 2 heterocycles. The fraction of sp³-hybridized carbons (Fsp3) is 0.667. The zero-order valence-electron chi connectivity index (χ0n) is 11.8. The topological polar surface area (TPSA) is 37.3 Å². The predicted molar refractivity (Wildman–Crippen MR) is 78.5 cm³/mol. The van der Waals surface area contributed by atoms with Crippen LogP contribution in [-0.2, 0) is 6.54 Å². The number of likely N-dealkylation sites (tertiary alicyclic amines) is 1. The number of hydrogen-bond acceptors (Lipinski definition) is 3. The van der Waals surface area contributed by atoms with Crippen molar-refractivity contribution in [1.29, 1.82) is 0 Å². The molecule has 4 nitrogen and oxygen atoms in total. The largest absolute Gasteiger partial charge is 0.314 e. The van der Waals surface area contributed by atoms with Gasteiger partial charge in [-0.2, -0.15) is 0 Å². The molecule has 4 heteroatoms. The Labute approximate surface area is 115 Å². The van der Waals surface area contributed by atoms with Crippen LogP contribution in [0.4, 0.5) is 0 Å². The Morgan fingerprint density at radius 3 is 2.79 bits per heavy atom. The number of pyridine rings is 1. The number of aromatic nitrogens is 1. The first kappa shape index (κ1) is 14.3. The molecule has 1 aromatic heterocycles. The van der Waals surface area contributed by atoms with Gasteiger partial charge in [0.25, 0.3) is 5.56 Å². The van der Waals surface area contributed by atoms with Gasteiger partial charge in [0.1, 0.15) is 0 Å². The highest BCUT2D eigenvalue weighted by Crippen LogP contribution is 2.08. The van der Waals surface area contributed by atoms with Crippen molar-refractivity contribution < 1.29 is 0 Å². The van der Waals surface area contributed by atoms with Crippen LogP contribution in [0.3, 0.4) is 0 Å². The molecule has 19 heavy (non-hydrogen) atoms. The summed E-state index contributed by atoms with van der Waals surface area (Å²) in [6.07, 6.45) is 5.91. The van der Waals surface area contributed by atoms with E-state index >= 15 is 0 Å². The van der Waals surface area contributed by atoms with E-state index < -0.39 is 0 Å². The number of rotatable bonds is 6. The van der Waals surface area contributed by atoms with Crippen molar-refractivity contribution in [3.05, 3.63) is 34.7 Å². The minimum Gasteiger partial charge on any atom is -0.314 e. The summed E-state index contributed by atoms with van der Waals surface area (Å²) in [4.78, 5) is 14.1. The highest BCUT2D eigenvalue weighted by atomic mass is 16.1. The molecular weight excluding hydrogens is 238 g/mol. The summed E-state index contributed by atoms with van der Waals surface area (Å²) in [6.45, 7) is 7.41. The molecule has 2 rings (SSSR count). The van der Waals surface area contributed by atoms with E-state index in [2.05, 4.69) is 17.1 Å². The lowest BCUT2D eigenvalue weighted by Gasteiger charge is -2.29. The third-order valence-corrected chi connectivity index (χ3v) is 3.73. The maximum atomic E-state index is 11.5. The van der Waals surface area contributed by atoms with E-state index in [0.717, 1.165) is 19.6 Å². The second-order valence-electron chi connectivity index (χ2n) is 5.45. The molecule has 1 aliphatic rings. The zero-order valence-corrected chi connectivity index (χ0v) is 11.8. The van der Waals surface area contributed by atoms with Crippen LogP contribution in [-0.4, -0.2) is 41.7 Å². The molecule has 1 saturated heterocycles. The van der Waals surface area contributed by atoms with Crippen LogP contribution < -0.4 is 10.9 Å². The zero-order chi connectivity index (χ0) is 13.5. The highest BCUT2D eigenvalue weighted by molar-refractivity contribution is 4.93. The van der Waals surface area contributed by atoms with Crippen molar-refractivity contribution in [3.63, 3.8) is 0 Å². The molecule has 0 aromatic carbocycles. The first-order valence-corrected chi connectivity index (χ1v) is 7.37. The van der Waals surface area contributed by atoms with Gasteiger partial charge in [-0.05, 0) is 38.9 Å². The van der Waals surface area contributed by atoms with Crippen LogP contribution >= 0.6 is 0 Å². The molecular formula is C15H25N3O. The molecule has 0 radical (unpaired) electrons. The van der Waals surface area contributed by atoms with Gasteiger partial charge in [0, 0.05) is 37.9 Å². The highest BCUT2D eigenvalue weighted by Gasteiger charge is 2.12. The fourth-order valence-electron chi connectivity index (χ4n) is 2.67. The number of nitrogens with zero attached hydrogens (tertiary/aromatic N) is 2. The van der Waals surface area contributed by atoms with Gasteiger partial charge in [-0.1, -0.05) is 12.5 Å². The summed E-state index contributed by atoms with van der Waals surface area (Å²) >= 11 is 0. The molecule has 1 fully saturated rings. The smallest absolute Gasteiger partial charge is 0.250 e. The maximum absolute atomic E-state index is 11.5. The summed E-state index contributed by atoms with van der Waals surface area (Å²) in [6, 6.07) is 5.78. The molecule has 0 amide bonds. The fourth-order valence-corrected chi connectivity index (χ4v) is 2.67. The molecule has 0 saturated carbocycles. The average Bonchev–Trinajstić information content (AvgIpc) is 2.42. The van der Waals surface area contributed by atoms with E-state index in [1.807, 2.05) is 12.3 Å². The van der Waals surface area contributed by atoms with Gasteiger partial charge in [-0.15, -0.1) is 0 Å². The molecule has 0 bridgehead atoms. The summed E-state index contributed by atoms with van der Waals surface area (Å²) in [5.41, 5.74) is 0.0768. The molecule has 1 aliphatic heterocycles. The third kappa shape index (κ3) is 4.80. The van der Waals surface area contributed by atoms with Crippen LogP contribution in [0.2, 0.25) is 0 Å². The second kappa shape index (κ2) is 7.46. The van der Waals surface area contributed by atoms with Crippen LogP contribution in [0.5, 0.6) is 0 Å². The van der Waals surface area contributed by atoms with E-state index in [0.29, 0.717) is 6.04 Å². The summed E-state index contributed by atoms with van der Waals surface area (Å²) in [5.74, 6) is 0. The van der Waals surface area contributed by atoms with Gasteiger partial charge in [0.2, 0.25) is 0 Å². The Morgan fingerprint density at radius 1 is 1.26 bits per heavy atom. The minimum absolute atomic E-state index is 0.0768. The first-order valence-electron chi connectivity index (χ1n) is 7.37.